The molecule has 2 unspecified atom stereocenters. The number of pyridine rings is 1. The van der Waals surface area contributed by atoms with Gasteiger partial charge in [-0.05, 0) is 43.7 Å². The zero-order valence-corrected chi connectivity index (χ0v) is 13.6. The third kappa shape index (κ3) is 3.30. The Balaban J connectivity index is 1.38. The lowest BCUT2D eigenvalue weighted by molar-refractivity contribution is -0.0544. The fraction of sp³-hybridized carbons (Fsp3) is 0.500. The Labute approximate surface area is 140 Å². The summed E-state index contributed by atoms with van der Waals surface area (Å²) in [6.45, 7) is 3.34. The molecule has 0 bridgehead atoms. The van der Waals surface area contributed by atoms with Gasteiger partial charge in [-0.15, -0.1) is 0 Å². The van der Waals surface area contributed by atoms with Crippen LogP contribution in [0, 0.1) is 5.82 Å². The van der Waals surface area contributed by atoms with Crippen LogP contribution < -0.4 is 5.32 Å². The van der Waals surface area contributed by atoms with Crippen molar-refractivity contribution in [1.29, 1.82) is 0 Å². The first kappa shape index (κ1) is 15.6. The highest BCUT2D eigenvalue weighted by atomic mass is 19.1. The summed E-state index contributed by atoms with van der Waals surface area (Å²) in [5.41, 5.74) is -0.145. The van der Waals surface area contributed by atoms with Gasteiger partial charge >= 0.3 is 0 Å². The van der Waals surface area contributed by atoms with Gasteiger partial charge in [0.2, 0.25) is 0 Å². The monoisotopic (exact) mass is 331 g/mol. The summed E-state index contributed by atoms with van der Waals surface area (Å²) in [6, 6.07) is 7.04. The third-order valence-corrected chi connectivity index (χ3v) is 4.89. The van der Waals surface area contributed by atoms with Gasteiger partial charge in [0.15, 0.2) is 11.6 Å². The number of furan rings is 1. The van der Waals surface area contributed by atoms with Crippen LogP contribution in [0.3, 0.4) is 0 Å². The predicted molar refractivity (Wildman–Crippen MR) is 88.1 cm³/mol. The van der Waals surface area contributed by atoms with Crippen molar-refractivity contribution in [3.05, 3.63) is 48.3 Å². The highest BCUT2D eigenvalue weighted by molar-refractivity contribution is 5.37. The van der Waals surface area contributed by atoms with Crippen molar-refractivity contribution in [2.24, 2.45) is 0 Å². The number of rotatable bonds is 4. The van der Waals surface area contributed by atoms with E-state index in [0.29, 0.717) is 12.4 Å². The molecule has 4 rings (SSSR count). The largest absolute Gasteiger partial charge is 0.468 e. The molecule has 2 atom stereocenters. The van der Waals surface area contributed by atoms with Gasteiger partial charge in [0.05, 0.1) is 31.1 Å². The first-order valence-electron chi connectivity index (χ1n) is 8.48. The topological polar surface area (TPSA) is 50.5 Å². The number of anilines is 1. The molecule has 4 heterocycles. The van der Waals surface area contributed by atoms with Crippen LogP contribution in [0.15, 0.2) is 41.1 Å². The number of hydrogen-bond acceptors (Lipinski definition) is 5. The van der Waals surface area contributed by atoms with Crippen molar-refractivity contribution in [2.75, 3.05) is 25.0 Å². The maximum atomic E-state index is 13.8. The van der Waals surface area contributed by atoms with Gasteiger partial charge in [-0.2, -0.15) is 0 Å². The minimum Gasteiger partial charge on any atom is -0.468 e. The van der Waals surface area contributed by atoms with Crippen molar-refractivity contribution in [1.82, 2.24) is 9.88 Å². The van der Waals surface area contributed by atoms with Gasteiger partial charge in [0.1, 0.15) is 5.76 Å². The summed E-state index contributed by atoms with van der Waals surface area (Å²) >= 11 is 0. The Kier molecular flexibility index (Phi) is 4.24. The molecule has 2 aliphatic rings. The molecule has 1 spiro atoms. The molecule has 6 heteroatoms. The van der Waals surface area contributed by atoms with Crippen LogP contribution in [0.5, 0.6) is 0 Å². The fourth-order valence-corrected chi connectivity index (χ4v) is 3.85. The summed E-state index contributed by atoms with van der Waals surface area (Å²) in [5, 5.41) is 3.19. The van der Waals surface area contributed by atoms with Crippen molar-refractivity contribution >= 4 is 5.82 Å². The molecular weight excluding hydrogens is 309 g/mol. The van der Waals surface area contributed by atoms with E-state index in [1.54, 1.807) is 18.5 Å². The van der Waals surface area contributed by atoms with Gasteiger partial charge < -0.3 is 14.5 Å². The molecule has 0 amide bonds. The maximum Gasteiger partial charge on any atom is 0.165 e. The second-order valence-electron chi connectivity index (χ2n) is 6.77. The average molecular weight is 331 g/mol. The van der Waals surface area contributed by atoms with E-state index >= 15 is 0 Å². The summed E-state index contributed by atoms with van der Waals surface area (Å²) < 4.78 is 25.4. The van der Waals surface area contributed by atoms with E-state index in [-0.39, 0.29) is 17.5 Å². The lowest BCUT2D eigenvalue weighted by Crippen LogP contribution is -2.47. The van der Waals surface area contributed by atoms with E-state index in [0.717, 1.165) is 44.7 Å². The van der Waals surface area contributed by atoms with Crippen molar-refractivity contribution in [3.63, 3.8) is 0 Å². The average Bonchev–Trinajstić information content (AvgIpc) is 3.21. The molecule has 128 valence electrons. The minimum atomic E-state index is -0.318. The number of likely N-dealkylation sites (tertiary alicyclic amines) is 1. The molecule has 0 aromatic carbocycles. The summed E-state index contributed by atoms with van der Waals surface area (Å²) in [7, 11) is 0. The van der Waals surface area contributed by atoms with E-state index in [4.69, 9.17) is 9.15 Å². The van der Waals surface area contributed by atoms with Crippen LogP contribution in [-0.2, 0) is 11.3 Å². The lowest BCUT2D eigenvalue weighted by Gasteiger charge is -2.39. The normalized spacial score (nSPS) is 27.6. The van der Waals surface area contributed by atoms with E-state index in [2.05, 4.69) is 15.2 Å². The standard InChI is InChI=1S/C18H22FN3O2/c19-16-5-1-7-20-17(16)21-14-10-18(24-12-14)6-3-8-22(13-18)11-15-4-2-9-23-15/h1-2,4-5,7,9,14H,3,6,8,10-13H2,(H,20,21). The number of nitrogens with one attached hydrogen (secondary N) is 1. The number of ether oxygens (including phenoxy) is 1. The second kappa shape index (κ2) is 6.53. The van der Waals surface area contributed by atoms with Crippen molar-refractivity contribution in [2.45, 2.75) is 37.5 Å². The fourth-order valence-electron chi connectivity index (χ4n) is 3.85. The van der Waals surface area contributed by atoms with Gasteiger partial charge in [-0.25, -0.2) is 9.37 Å². The lowest BCUT2D eigenvalue weighted by atomic mass is 9.88. The Morgan fingerprint density at radius 3 is 3.17 bits per heavy atom. The van der Waals surface area contributed by atoms with Crippen LogP contribution in [0.4, 0.5) is 10.2 Å². The highest BCUT2D eigenvalue weighted by Crippen LogP contribution is 2.36. The first-order valence-corrected chi connectivity index (χ1v) is 8.48. The quantitative estimate of drug-likeness (QED) is 0.933. The molecule has 2 aromatic rings. The van der Waals surface area contributed by atoms with Gasteiger partial charge in [-0.3, -0.25) is 4.90 Å². The van der Waals surface area contributed by atoms with Crippen LogP contribution in [0.25, 0.3) is 0 Å². The summed E-state index contributed by atoms with van der Waals surface area (Å²) in [5.74, 6) is 0.975. The zero-order valence-electron chi connectivity index (χ0n) is 13.6. The van der Waals surface area contributed by atoms with E-state index in [1.165, 1.54) is 6.07 Å². The van der Waals surface area contributed by atoms with Crippen molar-refractivity contribution < 1.29 is 13.5 Å². The molecule has 2 aliphatic heterocycles. The van der Waals surface area contributed by atoms with E-state index < -0.39 is 0 Å². The summed E-state index contributed by atoms with van der Waals surface area (Å²) in [6.07, 6.45) is 6.33. The molecule has 1 N–H and O–H groups in total. The number of hydrogen-bond donors (Lipinski definition) is 1. The number of aromatic nitrogens is 1. The summed E-state index contributed by atoms with van der Waals surface area (Å²) in [4.78, 5) is 6.46. The number of piperidine rings is 1. The smallest absolute Gasteiger partial charge is 0.165 e. The number of halogens is 1. The van der Waals surface area contributed by atoms with E-state index in [9.17, 15) is 4.39 Å². The van der Waals surface area contributed by atoms with Gasteiger partial charge in [-0.1, -0.05) is 0 Å². The zero-order chi connectivity index (χ0) is 16.4. The van der Waals surface area contributed by atoms with Gasteiger partial charge in [0, 0.05) is 19.2 Å². The van der Waals surface area contributed by atoms with Crippen LogP contribution in [-0.4, -0.2) is 41.2 Å². The van der Waals surface area contributed by atoms with Crippen molar-refractivity contribution in [3.8, 4) is 0 Å². The second-order valence-corrected chi connectivity index (χ2v) is 6.77. The molecule has 0 aliphatic carbocycles. The van der Waals surface area contributed by atoms with Gasteiger partial charge in [0.25, 0.3) is 0 Å². The SMILES string of the molecule is Fc1cccnc1NC1COC2(CCCN(Cc3ccco3)C2)C1. The number of nitrogens with zero attached hydrogens (tertiary/aromatic N) is 2. The molecular formula is C18H22FN3O2. The molecule has 0 saturated carbocycles. The molecule has 5 nitrogen and oxygen atoms in total. The Hall–Kier alpha value is -1.92. The Morgan fingerprint density at radius 2 is 2.33 bits per heavy atom. The van der Waals surface area contributed by atoms with E-state index in [1.807, 2.05) is 12.1 Å². The molecule has 2 aromatic heterocycles. The Bertz CT molecular complexity index is 679. The molecule has 0 radical (unpaired) electrons. The molecule has 2 fully saturated rings. The predicted octanol–water partition coefficient (Wildman–Crippen LogP) is 3.05. The highest BCUT2D eigenvalue weighted by Gasteiger charge is 2.43. The van der Waals surface area contributed by atoms with Crippen LogP contribution in [0.1, 0.15) is 25.0 Å². The molecule has 2 saturated heterocycles. The van der Waals surface area contributed by atoms with Crippen LogP contribution in [0.2, 0.25) is 0 Å². The molecule has 24 heavy (non-hydrogen) atoms. The third-order valence-electron chi connectivity index (χ3n) is 4.89. The maximum absolute atomic E-state index is 13.8. The minimum absolute atomic E-state index is 0.0953. The van der Waals surface area contributed by atoms with Crippen LogP contribution >= 0.6 is 0 Å². The first-order chi connectivity index (χ1) is 11.7. The Morgan fingerprint density at radius 1 is 1.38 bits per heavy atom.